The van der Waals surface area contributed by atoms with Crippen LogP contribution in [-0.2, 0) is 21.4 Å². The molecule has 1 aliphatic heterocycles. The number of nitrogens with zero attached hydrogens (tertiary/aromatic N) is 1. The summed E-state index contributed by atoms with van der Waals surface area (Å²) < 4.78 is 38.5. The number of likely N-dealkylation sites (N-methyl/N-ethyl adjacent to an activating group) is 1. The summed E-state index contributed by atoms with van der Waals surface area (Å²) in [6.45, 7) is 2.20. The molecular formula is C17H20N2O5S2. The highest BCUT2D eigenvalue weighted by Gasteiger charge is 2.29. The van der Waals surface area contributed by atoms with Gasteiger partial charge < -0.3 is 14.8 Å². The molecule has 2 aromatic rings. The Morgan fingerprint density at radius 1 is 1.27 bits per heavy atom. The van der Waals surface area contributed by atoms with E-state index in [1.54, 1.807) is 18.2 Å². The Labute approximate surface area is 156 Å². The molecule has 0 fully saturated rings. The molecule has 7 nitrogen and oxygen atoms in total. The van der Waals surface area contributed by atoms with Gasteiger partial charge in [0.15, 0.2) is 11.5 Å². The van der Waals surface area contributed by atoms with Gasteiger partial charge >= 0.3 is 0 Å². The smallest absolute Gasteiger partial charge is 0.252 e. The van der Waals surface area contributed by atoms with E-state index in [2.05, 4.69) is 5.32 Å². The predicted octanol–water partition coefficient (Wildman–Crippen LogP) is 1.84. The van der Waals surface area contributed by atoms with Crippen molar-refractivity contribution in [2.45, 2.75) is 23.8 Å². The quantitative estimate of drug-likeness (QED) is 0.805. The number of para-hydroxylation sites is 2. The molecule has 0 radical (unpaired) electrons. The van der Waals surface area contributed by atoms with Crippen LogP contribution in [0.1, 0.15) is 11.8 Å². The SMILES string of the molecule is CC(=O)NCc1ccc(S(=O)(=O)N(C)C[C@H]2COc3ccccc3O2)s1. The molecular weight excluding hydrogens is 376 g/mol. The van der Waals surface area contributed by atoms with Crippen molar-refractivity contribution in [3.05, 3.63) is 41.3 Å². The van der Waals surface area contributed by atoms with Crippen LogP contribution in [0.25, 0.3) is 0 Å². The first-order chi connectivity index (χ1) is 12.4. The molecule has 3 rings (SSSR count). The summed E-state index contributed by atoms with van der Waals surface area (Å²) in [5.74, 6) is 1.12. The van der Waals surface area contributed by atoms with Crippen LogP contribution in [0.3, 0.4) is 0 Å². The first-order valence-corrected chi connectivity index (χ1v) is 10.3. The molecule has 0 aliphatic carbocycles. The second-order valence-electron chi connectivity index (χ2n) is 5.91. The first-order valence-electron chi connectivity index (χ1n) is 8.04. The van der Waals surface area contributed by atoms with E-state index in [4.69, 9.17) is 9.47 Å². The average Bonchev–Trinajstić information content (AvgIpc) is 3.09. The van der Waals surface area contributed by atoms with E-state index in [1.165, 1.54) is 18.3 Å². The largest absolute Gasteiger partial charge is 0.486 e. The van der Waals surface area contributed by atoms with Crippen LogP contribution in [0.15, 0.2) is 40.6 Å². The van der Waals surface area contributed by atoms with Gasteiger partial charge in [0.2, 0.25) is 5.91 Å². The zero-order chi connectivity index (χ0) is 18.7. The standard InChI is InChI=1S/C17H20N2O5S2/c1-12(20)18-9-14-7-8-17(25-14)26(21,22)19(2)10-13-11-23-15-5-3-4-6-16(15)24-13/h3-8,13H,9-11H2,1-2H3,(H,18,20)/t13-/m0/s1. The minimum Gasteiger partial charge on any atom is -0.486 e. The lowest BCUT2D eigenvalue weighted by atomic mass is 10.2. The molecule has 0 bridgehead atoms. The summed E-state index contributed by atoms with van der Waals surface area (Å²) in [6.07, 6.45) is -0.386. The highest BCUT2D eigenvalue weighted by Crippen LogP contribution is 2.31. The third-order valence-electron chi connectivity index (χ3n) is 3.84. The minimum absolute atomic E-state index is 0.158. The van der Waals surface area contributed by atoms with Gasteiger partial charge in [-0.25, -0.2) is 8.42 Å². The molecule has 0 saturated heterocycles. The summed E-state index contributed by atoms with van der Waals surface area (Å²) in [6, 6.07) is 10.6. The fourth-order valence-electron chi connectivity index (χ4n) is 2.50. The van der Waals surface area contributed by atoms with Crippen molar-refractivity contribution < 1.29 is 22.7 Å². The Morgan fingerprint density at radius 2 is 2.00 bits per heavy atom. The number of rotatable bonds is 6. The fraction of sp³-hybridized carbons (Fsp3) is 0.353. The van der Waals surface area contributed by atoms with Crippen LogP contribution >= 0.6 is 11.3 Å². The molecule has 1 aromatic heterocycles. The number of sulfonamides is 1. The Morgan fingerprint density at radius 3 is 2.73 bits per heavy atom. The summed E-state index contributed by atoms with van der Waals surface area (Å²) in [4.78, 5) is 11.8. The Balaban J connectivity index is 1.65. The Bertz CT molecular complexity index is 894. The van der Waals surface area contributed by atoms with Crippen LogP contribution < -0.4 is 14.8 Å². The molecule has 1 amide bonds. The number of benzene rings is 1. The number of carbonyl (C=O) groups excluding carboxylic acids is 1. The van der Waals surface area contributed by atoms with Crippen molar-refractivity contribution in [2.75, 3.05) is 20.2 Å². The van der Waals surface area contributed by atoms with E-state index in [0.29, 0.717) is 18.0 Å². The molecule has 26 heavy (non-hydrogen) atoms. The van der Waals surface area contributed by atoms with Gasteiger partial charge in [0.25, 0.3) is 10.0 Å². The third-order valence-corrected chi connectivity index (χ3v) is 7.22. The van der Waals surface area contributed by atoms with Gasteiger partial charge in [0.1, 0.15) is 16.9 Å². The van der Waals surface area contributed by atoms with E-state index in [1.807, 2.05) is 18.2 Å². The monoisotopic (exact) mass is 396 g/mol. The van der Waals surface area contributed by atoms with Crippen molar-refractivity contribution >= 4 is 27.3 Å². The number of hydrogen-bond acceptors (Lipinski definition) is 6. The number of amides is 1. The van der Waals surface area contributed by atoms with Crippen LogP contribution in [0.2, 0.25) is 0 Å². The second kappa shape index (κ2) is 7.65. The molecule has 1 aliphatic rings. The normalized spacial score (nSPS) is 16.5. The second-order valence-corrected chi connectivity index (χ2v) is 9.35. The molecule has 140 valence electrons. The first kappa shape index (κ1) is 18.7. The predicted molar refractivity (Wildman–Crippen MR) is 98.0 cm³/mol. The Hall–Kier alpha value is -2.10. The lowest BCUT2D eigenvalue weighted by Crippen LogP contribution is -2.41. The summed E-state index contributed by atoms with van der Waals surface area (Å²) in [5, 5.41) is 2.66. The van der Waals surface area contributed by atoms with E-state index in [9.17, 15) is 13.2 Å². The van der Waals surface area contributed by atoms with Crippen molar-refractivity contribution in [3.8, 4) is 11.5 Å². The molecule has 1 aromatic carbocycles. The number of fused-ring (bicyclic) bond motifs is 1. The van der Waals surface area contributed by atoms with Crippen molar-refractivity contribution in [1.82, 2.24) is 9.62 Å². The van der Waals surface area contributed by atoms with Gasteiger partial charge in [-0.2, -0.15) is 4.31 Å². The van der Waals surface area contributed by atoms with Gasteiger partial charge in [-0.3, -0.25) is 4.79 Å². The highest BCUT2D eigenvalue weighted by molar-refractivity contribution is 7.91. The molecule has 1 N–H and O–H groups in total. The minimum atomic E-state index is -3.63. The van der Waals surface area contributed by atoms with Crippen molar-refractivity contribution in [2.24, 2.45) is 0 Å². The van der Waals surface area contributed by atoms with Gasteiger partial charge in [0, 0.05) is 18.8 Å². The fourth-order valence-corrected chi connectivity index (χ4v) is 5.20. The topological polar surface area (TPSA) is 84.9 Å². The average molecular weight is 396 g/mol. The zero-order valence-corrected chi connectivity index (χ0v) is 16.1. The molecule has 2 heterocycles. The van der Waals surface area contributed by atoms with Crippen LogP contribution in [0.4, 0.5) is 0 Å². The molecule has 1 atom stereocenters. The van der Waals surface area contributed by atoms with Crippen molar-refractivity contribution in [1.29, 1.82) is 0 Å². The van der Waals surface area contributed by atoms with E-state index in [-0.39, 0.29) is 29.4 Å². The van der Waals surface area contributed by atoms with Gasteiger partial charge in [-0.15, -0.1) is 11.3 Å². The molecule has 0 unspecified atom stereocenters. The lowest BCUT2D eigenvalue weighted by Gasteiger charge is -2.29. The third kappa shape index (κ3) is 4.17. The summed E-state index contributed by atoms with van der Waals surface area (Å²) in [7, 11) is -2.11. The van der Waals surface area contributed by atoms with Crippen molar-refractivity contribution in [3.63, 3.8) is 0 Å². The van der Waals surface area contributed by atoms with Crippen LogP contribution in [0, 0.1) is 0 Å². The number of nitrogens with one attached hydrogen (secondary N) is 1. The highest BCUT2D eigenvalue weighted by atomic mass is 32.2. The van der Waals surface area contributed by atoms with Gasteiger partial charge in [-0.05, 0) is 24.3 Å². The summed E-state index contributed by atoms with van der Waals surface area (Å²) >= 11 is 1.14. The summed E-state index contributed by atoms with van der Waals surface area (Å²) in [5.41, 5.74) is 0. The Kier molecular flexibility index (Phi) is 5.49. The van der Waals surface area contributed by atoms with E-state index in [0.717, 1.165) is 16.2 Å². The maximum Gasteiger partial charge on any atom is 0.252 e. The van der Waals surface area contributed by atoms with Crippen LogP contribution in [-0.4, -0.2) is 44.9 Å². The van der Waals surface area contributed by atoms with Gasteiger partial charge in [-0.1, -0.05) is 12.1 Å². The number of ether oxygens (including phenoxy) is 2. The number of hydrogen-bond donors (Lipinski definition) is 1. The van der Waals surface area contributed by atoms with Crippen LogP contribution in [0.5, 0.6) is 11.5 Å². The maximum absolute atomic E-state index is 12.8. The lowest BCUT2D eigenvalue weighted by molar-refractivity contribution is -0.119. The van der Waals surface area contributed by atoms with E-state index >= 15 is 0 Å². The molecule has 9 heteroatoms. The van der Waals surface area contributed by atoms with Gasteiger partial charge in [0.05, 0.1) is 13.1 Å². The maximum atomic E-state index is 12.8. The van der Waals surface area contributed by atoms with E-state index < -0.39 is 10.0 Å². The zero-order valence-electron chi connectivity index (χ0n) is 14.5. The number of carbonyl (C=O) groups is 1. The number of thiophene rings is 1. The molecule has 0 saturated carbocycles. The molecule has 0 spiro atoms.